The zero-order valence-electron chi connectivity index (χ0n) is 11.5. The van der Waals surface area contributed by atoms with Crippen LogP contribution in [0.4, 0.5) is 14.5 Å². The van der Waals surface area contributed by atoms with Crippen LogP contribution in [0.25, 0.3) is 0 Å². The molecule has 0 radical (unpaired) electrons. The molecule has 1 amide bonds. The zero-order chi connectivity index (χ0) is 15.4. The second-order valence-corrected chi connectivity index (χ2v) is 5.10. The van der Waals surface area contributed by atoms with Crippen LogP contribution in [0.1, 0.15) is 42.5 Å². The van der Waals surface area contributed by atoms with E-state index in [9.17, 15) is 23.7 Å². The Bertz CT molecular complexity index is 555. The summed E-state index contributed by atoms with van der Waals surface area (Å²) in [4.78, 5) is 24.0. The number of halogens is 2. The minimum atomic E-state index is -1.33. The molecule has 1 aromatic rings. The van der Waals surface area contributed by atoms with Crippen LogP contribution in [0.5, 0.6) is 0 Å². The van der Waals surface area contributed by atoms with Gasteiger partial charge in [-0.05, 0) is 18.9 Å². The quantitative estimate of drug-likeness (QED) is 0.621. The van der Waals surface area contributed by atoms with Gasteiger partial charge in [-0.25, -0.2) is 8.78 Å². The van der Waals surface area contributed by atoms with Crippen molar-refractivity contribution in [3.63, 3.8) is 0 Å². The third-order valence-corrected chi connectivity index (χ3v) is 3.61. The third kappa shape index (κ3) is 3.53. The summed E-state index contributed by atoms with van der Waals surface area (Å²) in [6.07, 6.45) is 4.70. The number of nitro groups is 1. The average Bonchev–Trinajstić information content (AvgIpc) is 2.40. The summed E-state index contributed by atoms with van der Waals surface area (Å²) >= 11 is 0. The number of rotatable bonds is 2. The third-order valence-electron chi connectivity index (χ3n) is 3.61. The van der Waals surface area contributed by atoms with Gasteiger partial charge in [0.2, 0.25) is 0 Å². The van der Waals surface area contributed by atoms with Gasteiger partial charge in [0.25, 0.3) is 11.6 Å². The van der Waals surface area contributed by atoms with Crippen LogP contribution in [0, 0.1) is 21.7 Å². The van der Waals surface area contributed by atoms with Crippen molar-refractivity contribution in [2.45, 2.75) is 32.1 Å². The Morgan fingerprint density at radius 1 is 1.05 bits per heavy atom. The molecule has 0 saturated carbocycles. The monoisotopic (exact) mass is 298 g/mol. The van der Waals surface area contributed by atoms with E-state index in [0.29, 0.717) is 25.2 Å². The lowest BCUT2D eigenvalue weighted by Crippen LogP contribution is -2.34. The SMILES string of the molecule is O=C(c1cc(F)c(F)cc1[N+](=O)[O-])N1CCCCCCC1. The van der Waals surface area contributed by atoms with Gasteiger partial charge < -0.3 is 4.90 Å². The number of hydrogen-bond acceptors (Lipinski definition) is 3. The molecule has 0 aromatic heterocycles. The number of likely N-dealkylation sites (tertiary alicyclic amines) is 1. The lowest BCUT2D eigenvalue weighted by atomic mass is 10.1. The van der Waals surface area contributed by atoms with E-state index in [1.807, 2.05) is 0 Å². The normalized spacial score (nSPS) is 16.2. The fraction of sp³-hybridized carbons (Fsp3) is 0.500. The Balaban J connectivity index is 2.32. The first kappa shape index (κ1) is 15.3. The molecule has 0 spiro atoms. The van der Waals surface area contributed by atoms with E-state index in [1.54, 1.807) is 0 Å². The Morgan fingerprint density at radius 2 is 1.57 bits per heavy atom. The number of benzene rings is 1. The molecule has 1 saturated heterocycles. The predicted octanol–water partition coefficient (Wildman–Crippen LogP) is 3.28. The molecule has 0 aliphatic carbocycles. The van der Waals surface area contributed by atoms with Crippen LogP contribution in [0.3, 0.4) is 0 Å². The summed E-state index contributed by atoms with van der Waals surface area (Å²) in [5.74, 6) is -3.19. The van der Waals surface area contributed by atoms with Gasteiger partial charge in [0.05, 0.1) is 11.0 Å². The molecule has 5 nitrogen and oxygen atoms in total. The summed E-state index contributed by atoms with van der Waals surface area (Å²) in [6.45, 7) is 0.962. The van der Waals surface area contributed by atoms with Crippen molar-refractivity contribution < 1.29 is 18.5 Å². The topological polar surface area (TPSA) is 63.4 Å². The molecule has 1 aliphatic heterocycles. The molecule has 1 aromatic carbocycles. The molecule has 7 heteroatoms. The van der Waals surface area contributed by atoms with E-state index in [1.165, 1.54) is 4.90 Å². The van der Waals surface area contributed by atoms with Crippen LogP contribution in [-0.4, -0.2) is 28.8 Å². The maximum Gasteiger partial charge on any atom is 0.285 e. The van der Waals surface area contributed by atoms with Crippen LogP contribution < -0.4 is 0 Å². The van der Waals surface area contributed by atoms with Crippen molar-refractivity contribution in [1.29, 1.82) is 0 Å². The van der Waals surface area contributed by atoms with Crippen molar-refractivity contribution in [3.05, 3.63) is 39.4 Å². The van der Waals surface area contributed by atoms with Gasteiger partial charge in [-0.2, -0.15) is 0 Å². The largest absolute Gasteiger partial charge is 0.338 e. The molecule has 0 N–H and O–H groups in total. The predicted molar refractivity (Wildman–Crippen MR) is 72.0 cm³/mol. The highest BCUT2D eigenvalue weighted by Crippen LogP contribution is 2.24. The Kier molecular flexibility index (Phi) is 4.82. The molecular weight excluding hydrogens is 282 g/mol. The fourth-order valence-electron chi connectivity index (χ4n) is 2.48. The van der Waals surface area contributed by atoms with Crippen LogP contribution in [-0.2, 0) is 0 Å². The Labute approximate surface area is 120 Å². The molecule has 0 unspecified atom stereocenters. The van der Waals surface area contributed by atoms with Crippen LogP contribution >= 0.6 is 0 Å². The van der Waals surface area contributed by atoms with E-state index in [4.69, 9.17) is 0 Å². The molecule has 21 heavy (non-hydrogen) atoms. The first-order valence-corrected chi connectivity index (χ1v) is 6.93. The summed E-state index contributed by atoms with van der Waals surface area (Å²) in [5, 5.41) is 10.9. The van der Waals surface area contributed by atoms with Gasteiger partial charge >= 0.3 is 0 Å². The highest BCUT2D eigenvalue weighted by Gasteiger charge is 2.27. The molecule has 114 valence electrons. The van der Waals surface area contributed by atoms with Crippen molar-refractivity contribution >= 4 is 11.6 Å². The molecule has 0 atom stereocenters. The van der Waals surface area contributed by atoms with Crippen molar-refractivity contribution in [2.24, 2.45) is 0 Å². The van der Waals surface area contributed by atoms with Gasteiger partial charge in [-0.1, -0.05) is 19.3 Å². The summed E-state index contributed by atoms with van der Waals surface area (Å²) < 4.78 is 26.5. The summed E-state index contributed by atoms with van der Waals surface area (Å²) in [5.41, 5.74) is -1.08. The minimum absolute atomic E-state index is 0.389. The van der Waals surface area contributed by atoms with Crippen molar-refractivity contribution in [1.82, 2.24) is 4.90 Å². The lowest BCUT2D eigenvalue weighted by Gasteiger charge is -2.24. The molecule has 0 bridgehead atoms. The number of hydrogen-bond donors (Lipinski definition) is 0. The average molecular weight is 298 g/mol. The van der Waals surface area contributed by atoms with E-state index < -0.39 is 28.2 Å². The van der Waals surface area contributed by atoms with E-state index in [-0.39, 0.29) is 5.56 Å². The maximum atomic E-state index is 13.3. The van der Waals surface area contributed by atoms with Crippen molar-refractivity contribution in [3.8, 4) is 0 Å². The second kappa shape index (κ2) is 6.60. The Morgan fingerprint density at radius 3 is 2.14 bits per heavy atom. The summed E-state index contributed by atoms with van der Waals surface area (Å²) in [6, 6.07) is 1.08. The first-order chi connectivity index (χ1) is 10.0. The number of carbonyl (C=O) groups is 1. The van der Waals surface area contributed by atoms with Gasteiger partial charge in [-0.3, -0.25) is 14.9 Å². The van der Waals surface area contributed by atoms with E-state index >= 15 is 0 Å². The Hall–Kier alpha value is -2.05. The minimum Gasteiger partial charge on any atom is -0.338 e. The number of nitrogens with zero attached hydrogens (tertiary/aromatic N) is 2. The highest BCUT2D eigenvalue weighted by atomic mass is 19.2. The number of nitro benzene ring substituents is 1. The lowest BCUT2D eigenvalue weighted by molar-refractivity contribution is -0.385. The second-order valence-electron chi connectivity index (χ2n) is 5.10. The molecular formula is C14H16F2N2O3. The molecule has 1 fully saturated rings. The van der Waals surface area contributed by atoms with E-state index in [2.05, 4.69) is 0 Å². The smallest absolute Gasteiger partial charge is 0.285 e. The van der Waals surface area contributed by atoms with Crippen molar-refractivity contribution in [2.75, 3.05) is 13.1 Å². The van der Waals surface area contributed by atoms with Gasteiger partial charge in [0, 0.05) is 13.1 Å². The van der Waals surface area contributed by atoms with Crippen LogP contribution in [0.2, 0.25) is 0 Å². The van der Waals surface area contributed by atoms with Gasteiger partial charge in [-0.15, -0.1) is 0 Å². The van der Waals surface area contributed by atoms with Crippen LogP contribution in [0.15, 0.2) is 12.1 Å². The van der Waals surface area contributed by atoms with Gasteiger partial charge in [0.15, 0.2) is 11.6 Å². The molecule has 1 heterocycles. The molecule has 2 rings (SSSR count). The standard InChI is InChI=1S/C14H16F2N2O3/c15-11-8-10(13(18(20)21)9-12(11)16)14(19)17-6-4-2-1-3-5-7-17/h8-9H,1-7H2. The van der Waals surface area contributed by atoms with E-state index in [0.717, 1.165) is 32.1 Å². The highest BCUT2D eigenvalue weighted by molar-refractivity contribution is 5.98. The summed E-state index contributed by atoms with van der Waals surface area (Å²) in [7, 11) is 0. The maximum absolute atomic E-state index is 13.3. The zero-order valence-corrected chi connectivity index (χ0v) is 11.5. The molecule has 1 aliphatic rings. The number of amides is 1. The fourth-order valence-corrected chi connectivity index (χ4v) is 2.48. The number of carbonyl (C=O) groups excluding carboxylic acids is 1. The van der Waals surface area contributed by atoms with Gasteiger partial charge in [0.1, 0.15) is 5.56 Å². The first-order valence-electron chi connectivity index (χ1n) is 6.93.